The van der Waals surface area contributed by atoms with Gasteiger partial charge in [0, 0.05) is 6.20 Å². The molecule has 0 spiro atoms. The SMILES string of the molecule is O=C(O)c1cc(NS(=O)(=O)c2ccccc2)ccn1. The van der Waals surface area contributed by atoms with E-state index in [1.807, 2.05) is 0 Å². The topological polar surface area (TPSA) is 96.4 Å². The molecule has 1 aromatic heterocycles. The van der Waals surface area contributed by atoms with Crippen molar-refractivity contribution >= 4 is 21.7 Å². The highest BCUT2D eigenvalue weighted by molar-refractivity contribution is 7.92. The maximum Gasteiger partial charge on any atom is 0.354 e. The maximum absolute atomic E-state index is 12.0. The van der Waals surface area contributed by atoms with Crippen LogP contribution >= 0.6 is 0 Å². The molecule has 2 aromatic rings. The predicted octanol–water partition coefficient (Wildman–Crippen LogP) is 1.58. The molecular weight excluding hydrogens is 268 g/mol. The van der Waals surface area contributed by atoms with E-state index in [4.69, 9.17) is 5.11 Å². The third-order valence-electron chi connectivity index (χ3n) is 2.28. The standard InChI is InChI=1S/C12H10N2O4S/c15-12(16)11-8-9(6-7-13-11)14-19(17,18)10-4-2-1-3-5-10/h1-8H,(H,13,14)(H,15,16). The van der Waals surface area contributed by atoms with Crippen molar-refractivity contribution in [2.75, 3.05) is 4.72 Å². The first kappa shape index (κ1) is 13.0. The van der Waals surface area contributed by atoms with Gasteiger partial charge in [-0.3, -0.25) is 4.72 Å². The van der Waals surface area contributed by atoms with Gasteiger partial charge in [-0.25, -0.2) is 18.2 Å². The Morgan fingerprint density at radius 2 is 1.84 bits per heavy atom. The lowest BCUT2D eigenvalue weighted by Gasteiger charge is -2.08. The molecule has 0 aliphatic carbocycles. The van der Waals surface area contributed by atoms with Crippen molar-refractivity contribution in [2.45, 2.75) is 4.90 Å². The second-order valence-corrected chi connectivity index (χ2v) is 5.34. The number of sulfonamides is 1. The van der Waals surface area contributed by atoms with Crippen molar-refractivity contribution in [3.05, 3.63) is 54.4 Å². The molecule has 0 fully saturated rings. The minimum atomic E-state index is -3.73. The number of carbonyl (C=O) groups is 1. The van der Waals surface area contributed by atoms with Crippen LogP contribution in [0.5, 0.6) is 0 Å². The summed E-state index contributed by atoms with van der Waals surface area (Å²) >= 11 is 0. The summed E-state index contributed by atoms with van der Waals surface area (Å²) in [5.74, 6) is -1.22. The smallest absolute Gasteiger partial charge is 0.354 e. The van der Waals surface area contributed by atoms with E-state index in [1.165, 1.54) is 24.4 Å². The fourth-order valence-electron chi connectivity index (χ4n) is 1.42. The molecule has 7 heteroatoms. The molecule has 19 heavy (non-hydrogen) atoms. The second-order valence-electron chi connectivity index (χ2n) is 3.65. The van der Waals surface area contributed by atoms with E-state index in [9.17, 15) is 13.2 Å². The molecule has 0 unspecified atom stereocenters. The Bertz CT molecular complexity index is 699. The van der Waals surface area contributed by atoms with E-state index in [0.717, 1.165) is 6.07 Å². The van der Waals surface area contributed by atoms with Gasteiger partial charge in [0.2, 0.25) is 0 Å². The van der Waals surface area contributed by atoms with Crippen molar-refractivity contribution in [3.63, 3.8) is 0 Å². The molecule has 1 aromatic carbocycles. The first-order valence-corrected chi connectivity index (χ1v) is 6.74. The number of anilines is 1. The van der Waals surface area contributed by atoms with E-state index in [1.54, 1.807) is 18.2 Å². The Kier molecular flexibility index (Phi) is 3.48. The number of pyridine rings is 1. The third kappa shape index (κ3) is 3.08. The first-order valence-electron chi connectivity index (χ1n) is 5.26. The summed E-state index contributed by atoms with van der Waals surface area (Å²) < 4.78 is 26.3. The van der Waals surface area contributed by atoms with E-state index in [-0.39, 0.29) is 16.3 Å². The maximum atomic E-state index is 12.0. The fourth-order valence-corrected chi connectivity index (χ4v) is 2.50. The number of carboxylic acid groups (broad SMARTS) is 1. The molecule has 2 rings (SSSR count). The van der Waals surface area contributed by atoms with Crippen LogP contribution in [0.25, 0.3) is 0 Å². The molecule has 6 nitrogen and oxygen atoms in total. The van der Waals surface area contributed by atoms with Crippen molar-refractivity contribution < 1.29 is 18.3 Å². The van der Waals surface area contributed by atoms with Crippen molar-refractivity contribution in [1.82, 2.24) is 4.98 Å². The van der Waals surface area contributed by atoms with Crippen molar-refractivity contribution in [1.29, 1.82) is 0 Å². The number of benzene rings is 1. The van der Waals surface area contributed by atoms with Crippen LogP contribution in [0.1, 0.15) is 10.5 Å². The van der Waals surface area contributed by atoms with E-state index in [0.29, 0.717) is 0 Å². The molecule has 0 aliphatic rings. The van der Waals surface area contributed by atoms with Gasteiger partial charge in [-0.1, -0.05) is 18.2 Å². The van der Waals surface area contributed by atoms with Gasteiger partial charge in [-0.05, 0) is 24.3 Å². The normalized spacial score (nSPS) is 10.9. The van der Waals surface area contributed by atoms with E-state index < -0.39 is 16.0 Å². The van der Waals surface area contributed by atoms with Gasteiger partial charge in [0.1, 0.15) is 5.69 Å². The Labute approximate surface area is 109 Å². The highest BCUT2D eigenvalue weighted by atomic mass is 32.2. The highest BCUT2D eigenvalue weighted by Crippen LogP contribution is 2.15. The van der Waals surface area contributed by atoms with Gasteiger partial charge < -0.3 is 5.11 Å². The minimum Gasteiger partial charge on any atom is -0.477 e. The van der Waals surface area contributed by atoms with Gasteiger partial charge in [0.15, 0.2) is 0 Å². The Balaban J connectivity index is 2.31. The van der Waals surface area contributed by atoms with Crippen LogP contribution in [0.2, 0.25) is 0 Å². The average Bonchev–Trinajstić information content (AvgIpc) is 2.39. The van der Waals surface area contributed by atoms with Crippen LogP contribution in [-0.2, 0) is 10.0 Å². The Morgan fingerprint density at radius 1 is 1.16 bits per heavy atom. The molecule has 98 valence electrons. The van der Waals surface area contributed by atoms with Crippen LogP contribution in [0.3, 0.4) is 0 Å². The number of carboxylic acids is 1. The number of rotatable bonds is 4. The molecule has 0 saturated carbocycles. The summed E-state index contributed by atoms with van der Waals surface area (Å²) in [6.07, 6.45) is 1.23. The lowest BCUT2D eigenvalue weighted by molar-refractivity contribution is 0.0690. The molecule has 0 amide bonds. The largest absolute Gasteiger partial charge is 0.477 e. The molecular formula is C12H10N2O4S. The van der Waals surface area contributed by atoms with Crippen LogP contribution < -0.4 is 4.72 Å². The molecule has 0 bridgehead atoms. The zero-order valence-electron chi connectivity index (χ0n) is 9.65. The van der Waals surface area contributed by atoms with Gasteiger partial charge in [-0.2, -0.15) is 0 Å². The number of nitrogens with zero attached hydrogens (tertiary/aromatic N) is 1. The quantitative estimate of drug-likeness (QED) is 0.885. The molecule has 0 saturated heterocycles. The van der Waals surface area contributed by atoms with Crippen LogP contribution in [-0.4, -0.2) is 24.5 Å². The van der Waals surface area contributed by atoms with E-state index >= 15 is 0 Å². The summed E-state index contributed by atoms with van der Waals surface area (Å²) in [4.78, 5) is 14.5. The lowest BCUT2D eigenvalue weighted by atomic mass is 10.3. The van der Waals surface area contributed by atoms with Crippen molar-refractivity contribution in [3.8, 4) is 0 Å². The summed E-state index contributed by atoms with van der Waals surface area (Å²) in [6.45, 7) is 0. The molecule has 0 aliphatic heterocycles. The Morgan fingerprint density at radius 3 is 2.47 bits per heavy atom. The average molecular weight is 278 g/mol. The van der Waals surface area contributed by atoms with Crippen LogP contribution in [0.4, 0.5) is 5.69 Å². The summed E-state index contributed by atoms with van der Waals surface area (Å²) in [5, 5.41) is 8.78. The molecule has 0 radical (unpaired) electrons. The fraction of sp³-hybridized carbons (Fsp3) is 0. The van der Waals surface area contributed by atoms with Crippen LogP contribution in [0.15, 0.2) is 53.6 Å². The lowest BCUT2D eigenvalue weighted by Crippen LogP contribution is -2.13. The minimum absolute atomic E-state index is 0.101. The van der Waals surface area contributed by atoms with Gasteiger partial charge in [-0.15, -0.1) is 0 Å². The van der Waals surface area contributed by atoms with E-state index in [2.05, 4.69) is 9.71 Å². The second kappa shape index (κ2) is 5.07. The Hall–Kier alpha value is -2.41. The summed E-state index contributed by atoms with van der Waals surface area (Å²) in [5.41, 5.74) is -0.0792. The number of aromatic carboxylic acids is 1. The summed E-state index contributed by atoms with van der Waals surface area (Å²) in [7, 11) is -3.73. The van der Waals surface area contributed by atoms with Gasteiger partial charge >= 0.3 is 5.97 Å². The monoisotopic (exact) mass is 278 g/mol. The van der Waals surface area contributed by atoms with Crippen LogP contribution in [0, 0.1) is 0 Å². The van der Waals surface area contributed by atoms with Gasteiger partial charge in [0.25, 0.3) is 10.0 Å². The molecule has 0 atom stereocenters. The zero-order chi connectivity index (χ0) is 13.9. The predicted molar refractivity (Wildman–Crippen MR) is 68.4 cm³/mol. The number of aromatic nitrogens is 1. The summed E-state index contributed by atoms with van der Waals surface area (Å²) in [6, 6.07) is 10.3. The number of hydrogen-bond acceptors (Lipinski definition) is 4. The third-order valence-corrected chi connectivity index (χ3v) is 3.68. The first-order chi connectivity index (χ1) is 8.99. The number of hydrogen-bond donors (Lipinski definition) is 2. The molecule has 1 heterocycles. The van der Waals surface area contributed by atoms with Gasteiger partial charge in [0.05, 0.1) is 10.6 Å². The van der Waals surface area contributed by atoms with Crippen molar-refractivity contribution in [2.24, 2.45) is 0 Å². The molecule has 2 N–H and O–H groups in total. The highest BCUT2D eigenvalue weighted by Gasteiger charge is 2.14. The number of nitrogens with one attached hydrogen (secondary N) is 1. The zero-order valence-corrected chi connectivity index (χ0v) is 10.5.